The summed E-state index contributed by atoms with van der Waals surface area (Å²) in [5.41, 5.74) is 10.7. The molecule has 2 rings (SSSR count). The third kappa shape index (κ3) is 8.59. The first kappa shape index (κ1) is 24.1. The molecule has 8 nitrogen and oxygen atoms in total. The monoisotopic (exact) mass is 443 g/mol. The van der Waals surface area contributed by atoms with Gasteiger partial charge in [-0.1, -0.05) is 30.0 Å². The lowest BCUT2D eigenvalue weighted by molar-refractivity contribution is -0.697. The standard InChI is InChI=1S/C22H26N4O4S/c23-19(27)12-11-17(21(24)29)25-22(30)16-8-2-3-9-18(16)31-20(28)10-4-7-15-26-13-5-1-6-14-26/h1-3,5-6,8-9,13-14,17H,4,7,10-12,15H2,(H4-,23,24,25,27,29,30)/p+1. The quantitative estimate of drug-likeness (QED) is 0.258. The Hall–Kier alpha value is -3.20. The van der Waals surface area contributed by atoms with Crippen LogP contribution in [-0.2, 0) is 20.9 Å². The van der Waals surface area contributed by atoms with E-state index in [9.17, 15) is 19.2 Å². The molecule has 1 atom stereocenters. The molecule has 0 saturated heterocycles. The molecule has 0 radical (unpaired) electrons. The Morgan fingerprint density at radius 3 is 2.32 bits per heavy atom. The summed E-state index contributed by atoms with van der Waals surface area (Å²) in [7, 11) is 0. The summed E-state index contributed by atoms with van der Waals surface area (Å²) < 4.78 is 2.06. The van der Waals surface area contributed by atoms with Gasteiger partial charge in [-0.2, -0.15) is 0 Å². The van der Waals surface area contributed by atoms with E-state index in [1.54, 1.807) is 24.3 Å². The molecule has 5 N–H and O–H groups in total. The van der Waals surface area contributed by atoms with Crippen molar-refractivity contribution in [2.24, 2.45) is 11.5 Å². The van der Waals surface area contributed by atoms with Gasteiger partial charge in [0.2, 0.25) is 11.8 Å². The zero-order valence-electron chi connectivity index (χ0n) is 17.2. The summed E-state index contributed by atoms with van der Waals surface area (Å²) in [6.07, 6.45) is 5.88. The second kappa shape index (κ2) is 12.5. The molecule has 0 aliphatic heterocycles. The SMILES string of the molecule is NC(=O)CCC(NC(=O)c1ccccc1SC(=O)CCCC[n+]1ccccc1)C(N)=O. The minimum Gasteiger partial charge on any atom is -0.370 e. The molecule has 0 bridgehead atoms. The van der Waals surface area contributed by atoms with Crippen LogP contribution in [0.3, 0.4) is 0 Å². The maximum atomic E-state index is 12.7. The topological polar surface area (TPSA) is 136 Å². The van der Waals surface area contributed by atoms with Crippen LogP contribution < -0.4 is 21.4 Å². The Bertz CT molecular complexity index is 921. The summed E-state index contributed by atoms with van der Waals surface area (Å²) >= 11 is 1.00. The van der Waals surface area contributed by atoms with Crippen LogP contribution in [0.1, 0.15) is 42.5 Å². The van der Waals surface area contributed by atoms with E-state index in [0.717, 1.165) is 31.1 Å². The molecule has 164 valence electrons. The fourth-order valence-corrected chi connectivity index (χ4v) is 3.78. The average molecular weight is 444 g/mol. The van der Waals surface area contributed by atoms with Crippen LogP contribution in [0, 0.1) is 0 Å². The number of benzene rings is 1. The number of thioether (sulfide) groups is 1. The van der Waals surface area contributed by atoms with Crippen LogP contribution >= 0.6 is 11.8 Å². The number of nitrogens with zero attached hydrogens (tertiary/aromatic N) is 1. The minimum atomic E-state index is -1.02. The molecule has 9 heteroatoms. The lowest BCUT2D eigenvalue weighted by Gasteiger charge is -2.16. The first-order valence-corrected chi connectivity index (χ1v) is 10.8. The second-order valence-corrected chi connectivity index (χ2v) is 8.07. The number of nitrogens with one attached hydrogen (secondary N) is 1. The van der Waals surface area contributed by atoms with Gasteiger partial charge in [0.1, 0.15) is 12.6 Å². The van der Waals surface area contributed by atoms with Gasteiger partial charge in [0, 0.05) is 36.3 Å². The summed E-state index contributed by atoms with van der Waals surface area (Å²) in [5.74, 6) is -1.88. The van der Waals surface area contributed by atoms with Crippen LogP contribution in [0.25, 0.3) is 0 Å². The van der Waals surface area contributed by atoms with Crippen molar-refractivity contribution >= 4 is 34.6 Å². The molecule has 1 aromatic heterocycles. The normalized spacial score (nSPS) is 11.5. The fraction of sp³-hybridized carbons (Fsp3) is 0.318. The van der Waals surface area contributed by atoms with Crippen LogP contribution in [0.5, 0.6) is 0 Å². The number of primary amides is 2. The van der Waals surface area contributed by atoms with Crippen molar-refractivity contribution in [2.75, 3.05) is 0 Å². The van der Waals surface area contributed by atoms with Crippen molar-refractivity contribution in [3.63, 3.8) is 0 Å². The number of aryl methyl sites for hydroxylation is 1. The van der Waals surface area contributed by atoms with Gasteiger partial charge in [0.15, 0.2) is 17.5 Å². The number of carbonyl (C=O) groups excluding carboxylic acids is 4. The van der Waals surface area contributed by atoms with Gasteiger partial charge >= 0.3 is 0 Å². The van der Waals surface area contributed by atoms with E-state index < -0.39 is 23.8 Å². The fourth-order valence-electron chi connectivity index (χ4n) is 2.87. The molecule has 2 aromatic rings. The predicted octanol–water partition coefficient (Wildman–Crippen LogP) is 1.31. The highest BCUT2D eigenvalue weighted by atomic mass is 32.2. The van der Waals surface area contributed by atoms with Gasteiger partial charge in [-0.05, 0) is 25.0 Å². The van der Waals surface area contributed by atoms with Crippen LogP contribution in [-0.4, -0.2) is 28.9 Å². The van der Waals surface area contributed by atoms with Crippen molar-refractivity contribution < 1.29 is 23.7 Å². The first-order chi connectivity index (χ1) is 14.9. The van der Waals surface area contributed by atoms with Crippen molar-refractivity contribution in [3.05, 3.63) is 60.4 Å². The molecular formula is C22H27N4O4S+. The van der Waals surface area contributed by atoms with Gasteiger partial charge in [0.05, 0.1) is 5.56 Å². The number of rotatable bonds is 12. The van der Waals surface area contributed by atoms with E-state index in [1.165, 1.54) is 0 Å². The molecular weight excluding hydrogens is 416 g/mol. The summed E-state index contributed by atoms with van der Waals surface area (Å²) in [6, 6.07) is 11.5. The number of carbonyl (C=O) groups is 4. The van der Waals surface area contributed by atoms with Crippen molar-refractivity contribution in [2.45, 2.75) is 49.6 Å². The second-order valence-electron chi connectivity index (χ2n) is 6.97. The molecule has 0 saturated carbocycles. The van der Waals surface area contributed by atoms with Gasteiger partial charge in [0.25, 0.3) is 5.91 Å². The van der Waals surface area contributed by atoms with Crippen LogP contribution in [0.2, 0.25) is 0 Å². The highest BCUT2D eigenvalue weighted by Crippen LogP contribution is 2.25. The number of amides is 3. The Balaban J connectivity index is 1.91. The molecule has 0 aliphatic carbocycles. The van der Waals surface area contributed by atoms with Crippen molar-refractivity contribution in [3.8, 4) is 0 Å². The third-order valence-electron chi connectivity index (χ3n) is 4.51. The highest BCUT2D eigenvalue weighted by molar-refractivity contribution is 8.13. The largest absolute Gasteiger partial charge is 0.370 e. The predicted molar refractivity (Wildman–Crippen MR) is 117 cm³/mol. The number of hydrogen-bond acceptors (Lipinski definition) is 5. The van der Waals surface area contributed by atoms with Crippen LogP contribution in [0.4, 0.5) is 0 Å². The van der Waals surface area contributed by atoms with E-state index in [2.05, 4.69) is 9.88 Å². The summed E-state index contributed by atoms with van der Waals surface area (Å²) in [5, 5.41) is 2.48. The summed E-state index contributed by atoms with van der Waals surface area (Å²) in [6.45, 7) is 0.831. The smallest absolute Gasteiger partial charge is 0.253 e. The number of pyridine rings is 1. The van der Waals surface area contributed by atoms with E-state index in [-0.39, 0.29) is 23.5 Å². The lowest BCUT2D eigenvalue weighted by Crippen LogP contribution is -2.45. The molecule has 31 heavy (non-hydrogen) atoms. The molecule has 0 spiro atoms. The van der Waals surface area contributed by atoms with Gasteiger partial charge < -0.3 is 16.8 Å². The molecule has 3 amide bonds. The zero-order valence-corrected chi connectivity index (χ0v) is 18.0. The first-order valence-electron chi connectivity index (χ1n) is 9.99. The van der Waals surface area contributed by atoms with E-state index >= 15 is 0 Å². The highest BCUT2D eigenvalue weighted by Gasteiger charge is 2.22. The Morgan fingerprint density at radius 2 is 1.65 bits per heavy atom. The van der Waals surface area contributed by atoms with Gasteiger partial charge in [-0.25, -0.2) is 4.57 Å². The maximum Gasteiger partial charge on any atom is 0.253 e. The lowest BCUT2D eigenvalue weighted by atomic mass is 10.1. The molecule has 1 unspecified atom stereocenters. The number of hydrogen-bond donors (Lipinski definition) is 3. The molecule has 0 aliphatic rings. The molecule has 1 aromatic carbocycles. The number of nitrogens with two attached hydrogens (primary N) is 2. The molecule has 0 fully saturated rings. The van der Waals surface area contributed by atoms with Crippen LogP contribution in [0.15, 0.2) is 59.8 Å². The average Bonchev–Trinajstić information content (AvgIpc) is 2.75. The minimum absolute atomic E-state index is 0.0179. The Morgan fingerprint density at radius 1 is 0.935 bits per heavy atom. The number of aromatic nitrogens is 1. The van der Waals surface area contributed by atoms with Crippen molar-refractivity contribution in [1.82, 2.24) is 5.32 Å². The maximum absolute atomic E-state index is 12.7. The number of unbranched alkanes of at least 4 members (excludes halogenated alkanes) is 1. The van der Waals surface area contributed by atoms with Gasteiger partial charge in [-0.15, -0.1) is 0 Å². The van der Waals surface area contributed by atoms with Gasteiger partial charge in [-0.3, -0.25) is 19.2 Å². The summed E-state index contributed by atoms with van der Waals surface area (Å²) in [4.78, 5) is 48.1. The van der Waals surface area contributed by atoms with E-state index in [1.807, 2.05) is 30.6 Å². The molecule has 1 heterocycles. The zero-order chi connectivity index (χ0) is 22.6. The third-order valence-corrected chi connectivity index (χ3v) is 5.52. The van der Waals surface area contributed by atoms with E-state index in [0.29, 0.717) is 11.3 Å². The van der Waals surface area contributed by atoms with Crippen molar-refractivity contribution in [1.29, 1.82) is 0 Å². The Kier molecular flexibility index (Phi) is 9.70. The van der Waals surface area contributed by atoms with E-state index in [4.69, 9.17) is 11.5 Å². The Labute approximate surface area is 185 Å².